The molecule has 6 nitrogen and oxygen atoms in total. The van der Waals surface area contributed by atoms with E-state index in [2.05, 4.69) is 26.0 Å². The fourth-order valence-electron chi connectivity index (χ4n) is 4.81. The molecule has 0 aliphatic carbocycles. The topological polar surface area (TPSA) is 59.1 Å². The van der Waals surface area contributed by atoms with Gasteiger partial charge in [0.25, 0.3) is 5.91 Å². The van der Waals surface area contributed by atoms with Crippen LogP contribution >= 0.6 is 11.3 Å². The van der Waals surface area contributed by atoms with Crippen LogP contribution in [0.2, 0.25) is 0 Å². The largest absolute Gasteiger partial charge is 0.493 e. The Morgan fingerprint density at radius 2 is 1.61 bits per heavy atom. The third-order valence-electron chi connectivity index (χ3n) is 7.61. The number of hydrogen-bond acceptors (Lipinski definition) is 5. The van der Waals surface area contributed by atoms with Gasteiger partial charge in [0, 0.05) is 23.0 Å². The summed E-state index contributed by atoms with van der Waals surface area (Å²) >= 11 is 1.63. The molecule has 1 heterocycles. The number of rotatable bonds is 17. The minimum atomic E-state index is -0.0961. The van der Waals surface area contributed by atoms with E-state index in [1.54, 1.807) is 30.5 Å². The summed E-state index contributed by atoms with van der Waals surface area (Å²) in [6, 6.07) is 17.8. The number of hydrogen-bond donors (Lipinski definition) is 0. The van der Waals surface area contributed by atoms with Crippen molar-refractivity contribution in [3.8, 4) is 11.5 Å². The molecule has 0 aliphatic rings. The minimum Gasteiger partial charge on any atom is -0.493 e. The van der Waals surface area contributed by atoms with Gasteiger partial charge in [0.2, 0.25) is 5.91 Å². The lowest BCUT2D eigenvalue weighted by atomic mass is 10.0. The Bertz CT molecular complexity index is 1210. The van der Waals surface area contributed by atoms with Crippen molar-refractivity contribution >= 4 is 23.2 Å². The zero-order valence-electron chi connectivity index (χ0n) is 25.4. The third kappa shape index (κ3) is 9.63. The van der Waals surface area contributed by atoms with Crippen molar-refractivity contribution in [1.29, 1.82) is 0 Å². The van der Waals surface area contributed by atoms with Crippen LogP contribution in [-0.2, 0) is 24.2 Å². The highest BCUT2D eigenvalue weighted by Crippen LogP contribution is 2.28. The van der Waals surface area contributed by atoms with E-state index in [1.165, 1.54) is 24.8 Å². The first-order valence-electron chi connectivity index (χ1n) is 14.8. The second kappa shape index (κ2) is 16.8. The third-order valence-corrected chi connectivity index (χ3v) is 8.47. The van der Waals surface area contributed by atoms with Crippen LogP contribution in [-0.4, -0.2) is 55.0 Å². The highest BCUT2D eigenvalue weighted by atomic mass is 32.1. The molecule has 0 N–H and O–H groups in total. The number of nitrogens with zero attached hydrogens (tertiary/aromatic N) is 2. The molecule has 1 aromatic heterocycles. The van der Waals surface area contributed by atoms with Gasteiger partial charge in [0.15, 0.2) is 11.5 Å². The minimum absolute atomic E-state index is 0.0456. The lowest BCUT2D eigenvalue weighted by Gasteiger charge is -2.31. The lowest BCUT2D eigenvalue weighted by molar-refractivity contribution is -0.132. The molecule has 0 saturated carbocycles. The number of benzene rings is 2. The molecule has 0 saturated heterocycles. The van der Waals surface area contributed by atoms with Gasteiger partial charge in [0.05, 0.1) is 20.8 Å². The Labute approximate surface area is 250 Å². The maximum Gasteiger partial charge on any atom is 0.254 e. The number of ether oxygens (including phenoxy) is 2. The zero-order valence-corrected chi connectivity index (χ0v) is 26.2. The molecule has 7 heteroatoms. The van der Waals surface area contributed by atoms with Gasteiger partial charge in [-0.3, -0.25) is 9.59 Å². The van der Waals surface area contributed by atoms with Gasteiger partial charge in [-0.2, -0.15) is 0 Å². The van der Waals surface area contributed by atoms with Crippen molar-refractivity contribution in [2.75, 3.05) is 27.3 Å². The van der Waals surface area contributed by atoms with Crippen LogP contribution in [0.15, 0.2) is 60.0 Å². The number of unbranched alkanes of at least 4 members (excludes halogenated alkanes) is 3. The van der Waals surface area contributed by atoms with Gasteiger partial charge in [-0.1, -0.05) is 57.4 Å². The monoisotopic (exact) mass is 578 g/mol. The van der Waals surface area contributed by atoms with E-state index >= 15 is 0 Å². The molecule has 2 aromatic carbocycles. The van der Waals surface area contributed by atoms with E-state index in [0.717, 1.165) is 29.7 Å². The fraction of sp³-hybridized carbons (Fsp3) is 0.471. The average molecular weight is 579 g/mol. The quantitative estimate of drug-likeness (QED) is 0.157. The molecule has 3 aromatic rings. The van der Waals surface area contributed by atoms with Crippen LogP contribution in [0.25, 0.3) is 0 Å². The summed E-state index contributed by atoms with van der Waals surface area (Å²) in [5.74, 6) is 1.19. The number of carbonyl (C=O) groups is 2. The molecule has 3 rings (SSSR count). The predicted octanol–water partition coefficient (Wildman–Crippen LogP) is 7.40. The normalized spacial score (nSPS) is 11.6. The SMILES string of the molecule is CCCCCCc1ccc(C(=O)N(CC(=O)N(CCc2ccc(OC)c(OC)c2)Cc2cccs2)C(C)CC)cc1. The van der Waals surface area contributed by atoms with Crippen molar-refractivity contribution in [3.63, 3.8) is 0 Å². The summed E-state index contributed by atoms with van der Waals surface area (Å²) in [5.41, 5.74) is 2.93. The Kier molecular flexibility index (Phi) is 13.2. The van der Waals surface area contributed by atoms with Gasteiger partial charge in [-0.25, -0.2) is 0 Å². The summed E-state index contributed by atoms with van der Waals surface area (Å²) < 4.78 is 10.8. The van der Waals surface area contributed by atoms with Gasteiger partial charge >= 0.3 is 0 Å². The Morgan fingerprint density at radius 1 is 0.878 bits per heavy atom. The number of thiophene rings is 1. The van der Waals surface area contributed by atoms with E-state index < -0.39 is 0 Å². The maximum absolute atomic E-state index is 13.8. The average Bonchev–Trinajstić information content (AvgIpc) is 3.52. The highest BCUT2D eigenvalue weighted by molar-refractivity contribution is 7.09. The van der Waals surface area contributed by atoms with Crippen LogP contribution in [0, 0.1) is 0 Å². The van der Waals surface area contributed by atoms with Gasteiger partial charge in [0.1, 0.15) is 6.54 Å². The van der Waals surface area contributed by atoms with Crippen molar-refractivity contribution < 1.29 is 19.1 Å². The van der Waals surface area contributed by atoms with E-state index in [9.17, 15) is 9.59 Å². The lowest BCUT2D eigenvalue weighted by Crippen LogP contribution is -2.46. The summed E-state index contributed by atoms with van der Waals surface area (Å²) in [5, 5.41) is 2.02. The van der Waals surface area contributed by atoms with E-state index in [0.29, 0.717) is 36.6 Å². The number of aryl methyl sites for hydroxylation is 1. The molecular weight excluding hydrogens is 532 g/mol. The second-order valence-electron chi connectivity index (χ2n) is 10.5. The standard InChI is InChI=1S/C34H46N2O4S/c1-6-8-9-10-12-27-14-17-29(18-15-27)34(38)36(26(3)7-2)25-33(37)35(24-30-13-11-22-41-30)21-20-28-16-19-31(39-4)32(23-28)40-5/h11,13-19,22-23,26H,6-10,12,20-21,24-25H2,1-5H3. The van der Waals surface area contributed by atoms with Crippen molar-refractivity contribution in [1.82, 2.24) is 9.80 Å². The second-order valence-corrected chi connectivity index (χ2v) is 11.6. The molecule has 1 unspecified atom stereocenters. The van der Waals surface area contributed by atoms with Crippen LogP contribution in [0.3, 0.4) is 0 Å². The Hall–Kier alpha value is -3.32. The van der Waals surface area contributed by atoms with Crippen LogP contribution in [0.1, 0.15) is 79.2 Å². The highest BCUT2D eigenvalue weighted by Gasteiger charge is 2.26. The Morgan fingerprint density at radius 3 is 2.24 bits per heavy atom. The van der Waals surface area contributed by atoms with E-state index in [4.69, 9.17) is 9.47 Å². The molecule has 0 radical (unpaired) electrons. The first-order chi connectivity index (χ1) is 19.9. The van der Waals surface area contributed by atoms with Crippen molar-refractivity contribution in [2.24, 2.45) is 0 Å². The van der Waals surface area contributed by atoms with E-state index in [1.807, 2.05) is 59.7 Å². The van der Waals surface area contributed by atoms with Gasteiger partial charge < -0.3 is 19.3 Å². The number of carbonyl (C=O) groups excluding carboxylic acids is 2. The number of methoxy groups -OCH3 is 2. The molecule has 0 fully saturated rings. The molecule has 0 bridgehead atoms. The van der Waals surface area contributed by atoms with Crippen molar-refractivity contribution in [3.05, 3.63) is 81.5 Å². The molecule has 0 spiro atoms. The van der Waals surface area contributed by atoms with E-state index in [-0.39, 0.29) is 24.4 Å². The fourth-order valence-corrected chi connectivity index (χ4v) is 5.53. The molecule has 1 atom stereocenters. The van der Waals surface area contributed by atoms with Crippen molar-refractivity contribution in [2.45, 2.75) is 78.3 Å². The Balaban J connectivity index is 1.73. The smallest absolute Gasteiger partial charge is 0.254 e. The van der Waals surface area contributed by atoms with Crippen LogP contribution < -0.4 is 9.47 Å². The summed E-state index contributed by atoms with van der Waals surface area (Å²) in [6.45, 7) is 7.37. The molecule has 41 heavy (non-hydrogen) atoms. The predicted molar refractivity (Wildman–Crippen MR) is 168 cm³/mol. The molecule has 222 valence electrons. The first-order valence-corrected chi connectivity index (χ1v) is 15.7. The zero-order chi connectivity index (χ0) is 29.6. The van der Waals surface area contributed by atoms with Crippen LogP contribution in [0.5, 0.6) is 11.5 Å². The molecule has 0 aliphatic heterocycles. The van der Waals surface area contributed by atoms with Gasteiger partial charge in [-0.15, -0.1) is 11.3 Å². The molecular formula is C34H46N2O4S. The first kappa shape index (κ1) is 32.2. The van der Waals surface area contributed by atoms with Crippen LogP contribution in [0.4, 0.5) is 0 Å². The summed E-state index contributed by atoms with van der Waals surface area (Å²) in [6.07, 6.45) is 7.33. The maximum atomic E-state index is 13.8. The molecule has 2 amide bonds. The summed E-state index contributed by atoms with van der Waals surface area (Å²) in [4.78, 5) is 32.2. The summed E-state index contributed by atoms with van der Waals surface area (Å²) in [7, 11) is 3.24. The van der Waals surface area contributed by atoms with Gasteiger partial charge in [-0.05, 0) is 79.4 Å². The number of amides is 2.